The molecule has 5 N–H and O–H groups in total. The topological polar surface area (TPSA) is 104 Å². The highest BCUT2D eigenvalue weighted by atomic mass is 19.3. The monoisotopic (exact) mass is 498 g/mol. The first-order chi connectivity index (χ1) is 17.2. The van der Waals surface area contributed by atoms with Crippen molar-refractivity contribution in [1.29, 1.82) is 0 Å². The zero-order valence-electron chi connectivity index (χ0n) is 20.1. The molecule has 36 heavy (non-hydrogen) atoms. The summed E-state index contributed by atoms with van der Waals surface area (Å²) in [5.41, 5.74) is 15.9. The fourth-order valence-corrected chi connectivity index (χ4v) is 4.51. The number of hydrogen-bond acceptors (Lipinski definition) is 6. The number of benzene rings is 1. The van der Waals surface area contributed by atoms with Crippen molar-refractivity contribution in [1.82, 2.24) is 20.1 Å². The van der Waals surface area contributed by atoms with Crippen molar-refractivity contribution >= 4 is 11.5 Å². The number of nitrogens with one attached hydrogen (secondary N) is 1. The molecule has 1 fully saturated rings. The van der Waals surface area contributed by atoms with Crippen LogP contribution in [0.5, 0.6) is 5.75 Å². The van der Waals surface area contributed by atoms with Crippen molar-refractivity contribution in [3.8, 4) is 11.4 Å². The molecular weight excluding hydrogens is 469 g/mol. The summed E-state index contributed by atoms with van der Waals surface area (Å²) in [4.78, 5) is 4.34. The van der Waals surface area contributed by atoms with Crippen LogP contribution in [0.15, 0.2) is 42.1 Å². The number of nitrogen functional groups attached to an aromatic ring is 1. The zero-order chi connectivity index (χ0) is 25.6. The lowest BCUT2D eigenvalue weighted by atomic mass is 9.96. The Morgan fingerprint density at radius 1 is 1.22 bits per heavy atom. The second-order valence-corrected chi connectivity index (χ2v) is 9.53. The number of pyridine rings is 1. The van der Waals surface area contributed by atoms with E-state index in [1.165, 1.54) is 28.9 Å². The molecule has 7 nitrogen and oxygen atoms in total. The molecule has 3 aromatic rings. The van der Waals surface area contributed by atoms with Crippen LogP contribution in [0.3, 0.4) is 0 Å². The largest absolute Gasteiger partial charge is 0.482 e. The SMILES string of the molecule is CC(N)/C1=C(\NCC2CC2)c2cnc(N)c(c2)OC(C)c2cc(F)ccc2-n2nc(C(F)F)cc2C1. The number of aromatic nitrogens is 3. The van der Waals surface area contributed by atoms with Crippen LogP contribution in [0.25, 0.3) is 11.4 Å². The summed E-state index contributed by atoms with van der Waals surface area (Å²) < 4.78 is 49.5. The summed E-state index contributed by atoms with van der Waals surface area (Å²) in [6, 6.07) is 6.86. The third-order valence-corrected chi connectivity index (χ3v) is 6.66. The van der Waals surface area contributed by atoms with Gasteiger partial charge in [0.2, 0.25) is 0 Å². The molecule has 2 aromatic heterocycles. The van der Waals surface area contributed by atoms with E-state index in [-0.39, 0.29) is 17.9 Å². The average molecular weight is 499 g/mol. The molecule has 5 rings (SSSR count). The standard InChI is InChI=1S/C26H29F3N6O/c1-13(30)19-9-18-10-21(25(28)29)34-35(18)22-6-5-17(27)8-20(22)14(2)36-23-7-16(12-33-26(23)31)24(19)32-11-15-3-4-15/h5-8,10,12-15,25,32H,3-4,9,11,30H2,1-2H3,(H2,31,33)/b24-19-. The van der Waals surface area contributed by atoms with Gasteiger partial charge in [-0.1, -0.05) is 0 Å². The van der Waals surface area contributed by atoms with Crippen LogP contribution in [0.4, 0.5) is 19.0 Å². The predicted octanol–water partition coefficient (Wildman–Crippen LogP) is 4.68. The maximum absolute atomic E-state index is 14.3. The maximum atomic E-state index is 14.3. The first-order valence-corrected chi connectivity index (χ1v) is 12.0. The molecule has 2 bridgehead atoms. The second kappa shape index (κ2) is 9.50. The molecule has 2 atom stereocenters. The maximum Gasteiger partial charge on any atom is 0.282 e. The third-order valence-electron chi connectivity index (χ3n) is 6.66. The van der Waals surface area contributed by atoms with Gasteiger partial charge in [0.05, 0.1) is 5.69 Å². The molecule has 0 amide bonds. The van der Waals surface area contributed by atoms with E-state index in [1.54, 1.807) is 19.2 Å². The normalized spacial score (nSPS) is 20.6. The summed E-state index contributed by atoms with van der Waals surface area (Å²) in [7, 11) is 0. The van der Waals surface area contributed by atoms with Crippen molar-refractivity contribution < 1.29 is 17.9 Å². The van der Waals surface area contributed by atoms with Gasteiger partial charge in [0.1, 0.15) is 17.6 Å². The van der Waals surface area contributed by atoms with Gasteiger partial charge in [-0.25, -0.2) is 22.8 Å². The Morgan fingerprint density at radius 2 is 2.00 bits per heavy atom. The van der Waals surface area contributed by atoms with E-state index in [0.717, 1.165) is 36.2 Å². The summed E-state index contributed by atoms with van der Waals surface area (Å²) in [6.07, 6.45) is 0.741. The molecular formula is C26H29F3N6O. The summed E-state index contributed by atoms with van der Waals surface area (Å²) in [5.74, 6) is 0.605. The average Bonchev–Trinajstić information content (AvgIpc) is 3.56. The number of rotatable bonds is 5. The molecule has 10 heteroatoms. The van der Waals surface area contributed by atoms with E-state index in [0.29, 0.717) is 28.6 Å². The third kappa shape index (κ3) is 4.77. The molecule has 1 aliphatic carbocycles. The minimum absolute atomic E-state index is 0.185. The molecule has 2 unspecified atom stereocenters. The summed E-state index contributed by atoms with van der Waals surface area (Å²) >= 11 is 0. The Morgan fingerprint density at radius 3 is 2.69 bits per heavy atom. The van der Waals surface area contributed by atoms with Crippen molar-refractivity contribution in [3.63, 3.8) is 0 Å². The highest BCUT2D eigenvalue weighted by Crippen LogP contribution is 2.36. The van der Waals surface area contributed by atoms with Crippen LogP contribution in [0, 0.1) is 11.7 Å². The Kier molecular flexibility index (Phi) is 6.38. The van der Waals surface area contributed by atoms with Crippen molar-refractivity contribution in [3.05, 3.63) is 70.4 Å². The molecule has 190 valence electrons. The smallest absolute Gasteiger partial charge is 0.282 e. The molecule has 0 saturated heterocycles. The Hall–Kier alpha value is -3.53. The summed E-state index contributed by atoms with van der Waals surface area (Å²) in [6.45, 7) is 4.34. The van der Waals surface area contributed by atoms with Gasteiger partial charge in [0, 0.05) is 47.7 Å². The number of nitrogens with zero attached hydrogens (tertiary/aromatic N) is 3. The van der Waals surface area contributed by atoms with Gasteiger partial charge in [-0.2, -0.15) is 5.10 Å². The van der Waals surface area contributed by atoms with E-state index in [9.17, 15) is 13.2 Å². The summed E-state index contributed by atoms with van der Waals surface area (Å²) in [5, 5.41) is 7.73. The van der Waals surface area contributed by atoms with Crippen LogP contribution in [-0.4, -0.2) is 27.4 Å². The molecule has 1 aromatic carbocycles. The van der Waals surface area contributed by atoms with Gasteiger partial charge in [-0.05, 0) is 68.5 Å². The Bertz CT molecular complexity index is 1320. The number of ether oxygens (including phenoxy) is 1. The molecule has 1 aliphatic heterocycles. The molecule has 1 saturated carbocycles. The lowest BCUT2D eigenvalue weighted by molar-refractivity contribution is 0.145. The van der Waals surface area contributed by atoms with Gasteiger partial charge in [0.25, 0.3) is 6.43 Å². The first kappa shape index (κ1) is 24.2. The van der Waals surface area contributed by atoms with Crippen molar-refractivity contribution in [2.45, 2.75) is 51.7 Å². The predicted molar refractivity (Wildman–Crippen MR) is 131 cm³/mol. The first-order valence-electron chi connectivity index (χ1n) is 12.0. The molecule has 2 aliphatic rings. The van der Waals surface area contributed by atoms with Crippen LogP contribution in [-0.2, 0) is 6.42 Å². The lowest BCUT2D eigenvalue weighted by Gasteiger charge is -2.25. The van der Waals surface area contributed by atoms with Crippen molar-refractivity contribution in [2.75, 3.05) is 12.3 Å². The lowest BCUT2D eigenvalue weighted by Crippen LogP contribution is -2.27. The van der Waals surface area contributed by atoms with Gasteiger partial charge in [0.15, 0.2) is 11.6 Å². The highest BCUT2D eigenvalue weighted by molar-refractivity contribution is 5.71. The zero-order valence-corrected chi connectivity index (χ0v) is 20.1. The van der Waals surface area contributed by atoms with E-state index in [2.05, 4.69) is 15.4 Å². The molecule has 3 heterocycles. The second-order valence-electron chi connectivity index (χ2n) is 9.53. The van der Waals surface area contributed by atoms with Crippen LogP contribution in [0.1, 0.15) is 61.7 Å². The molecule has 0 spiro atoms. The number of nitrogens with two attached hydrogens (primary N) is 2. The fourth-order valence-electron chi connectivity index (χ4n) is 4.51. The number of fused-ring (bicyclic) bond motifs is 5. The number of halogens is 3. The Labute approximate surface area is 207 Å². The fraction of sp³-hybridized carbons (Fsp3) is 0.385. The van der Waals surface area contributed by atoms with Gasteiger partial charge in [-0.3, -0.25) is 0 Å². The van der Waals surface area contributed by atoms with E-state index in [4.69, 9.17) is 16.2 Å². The number of anilines is 1. The van der Waals surface area contributed by atoms with Crippen LogP contribution >= 0.6 is 0 Å². The molecule has 0 radical (unpaired) electrons. The van der Waals surface area contributed by atoms with E-state index >= 15 is 0 Å². The van der Waals surface area contributed by atoms with Crippen LogP contribution < -0.4 is 21.5 Å². The van der Waals surface area contributed by atoms with Gasteiger partial charge in [-0.15, -0.1) is 0 Å². The highest BCUT2D eigenvalue weighted by Gasteiger charge is 2.27. The minimum Gasteiger partial charge on any atom is -0.482 e. The van der Waals surface area contributed by atoms with Crippen LogP contribution in [0.2, 0.25) is 0 Å². The van der Waals surface area contributed by atoms with E-state index < -0.39 is 24.4 Å². The van der Waals surface area contributed by atoms with Gasteiger partial charge < -0.3 is 21.5 Å². The number of alkyl halides is 2. The Balaban J connectivity index is 1.76. The van der Waals surface area contributed by atoms with E-state index in [1.807, 2.05) is 6.92 Å². The minimum atomic E-state index is -2.77. The number of hydrogen-bond donors (Lipinski definition) is 3. The van der Waals surface area contributed by atoms with Gasteiger partial charge >= 0.3 is 0 Å². The quantitative estimate of drug-likeness (QED) is 0.472. The van der Waals surface area contributed by atoms with Crippen molar-refractivity contribution in [2.24, 2.45) is 11.7 Å².